The van der Waals surface area contributed by atoms with Gasteiger partial charge < -0.3 is 24.2 Å². The number of rotatable bonds is 6. The monoisotopic (exact) mass is 475 g/mol. The number of benzene rings is 2. The Labute approximate surface area is 191 Å². The molecule has 0 amide bonds. The Kier molecular flexibility index (Phi) is 6.41. The van der Waals surface area contributed by atoms with Crippen molar-refractivity contribution < 1.29 is 42.6 Å². The van der Waals surface area contributed by atoms with Crippen LogP contribution in [0.5, 0.6) is 0 Å². The zero-order valence-electron chi connectivity index (χ0n) is 17.6. The van der Waals surface area contributed by atoms with Gasteiger partial charge in [0.2, 0.25) is 5.82 Å². The predicted octanol–water partition coefficient (Wildman–Crippen LogP) is 4.36. The molecule has 0 atom stereocenters. The molecule has 0 unspecified atom stereocenters. The van der Waals surface area contributed by atoms with E-state index in [4.69, 9.17) is 24.2 Å². The van der Waals surface area contributed by atoms with Crippen molar-refractivity contribution >= 4 is 12.3 Å². The average molecular weight is 475 g/mol. The Balaban J connectivity index is 1.40. The number of ether oxygens (including phenoxy) is 2. The maximum absolute atomic E-state index is 14.0. The molecule has 3 aromatic rings. The second-order valence-electron chi connectivity index (χ2n) is 7.64. The molecule has 10 nitrogen and oxygen atoms in total. The zero-order chi connectivity index (χ0) is 24.3. The van der Waals surface area contributed by atoms with E-state index < -0.39 is 29.7 Å². The molecular weight excluding hydrogens is 456 g/mol. The van der Waals surface area contributed by atoms with Gasteiger partial charge in [0.1, 0.15) is 0 Å². The number of hydrogen-bond acceptors (Lipinski definition) is 8. The minimum absolute atomic E-state index is 0.0615. The van der Waals surface area contributed by atoms with Crippen molar-refractivity contribution in [3.05, 3.63) is 59.7 Å². The average Bonchev–Trinajstić information content (AvgIpc) is 3.27. The van der Waals surface area contributed by atoms with Gasteiger partial charge in [-0.25, -0.2) is 18.4 Å². The van der Waals surface area contributed by atoms with Crippen LogP contribution in [0.2, 0.25) is 0 Å². The van der Waals surface area contributed by atoms with Gasteiger partial charge in [-0.3, -0.25) is 4.90 Å². The van der Waals surface area contributed by atoms with Gasteiger partial charge in [0.15, 0.2) is 11.6 Å². The molecule has 0 aliphatic carbocycles. The number of halogens is 2. The van der Waals surface area contributed by atoms with Crippen molar-refractivity contribution in [3.63, 3.8) is 0 Å². The molecule has 1 saturated heterocycles. The number of aromatic nitrogens is 2. The number of nitrogens with zero attached hydrogens (tertiary/aromatic N) is 3. The summed E-state index contributed by atoms with van der Waals surface area (Å²) >= 11 is 0. The first-order valence-corrected chi connectivity index (χ1v) is 10.2. The first-order chi connectivity index (χ1) is 16.2. The van der Waals surface area contributed by atoms with Gasteiger partial charge in [-0.15, -0.1) is 0 Å². The fourth-order valence-corrected chi connectivity index (χ4v) is 3.73. The van der Waals surface area contributed by atoms with Crippen molar-refractivity contribution in [1.29, 1.82) is 0 Å². The molecule has 178 valence electrons. The van der Waals surface area contributed by atoms with E-state index in [1.165, 1.54) is 12.1 Å². The molecule has 2 heterocycles. The lowest BCUT2D eigenvalue weighted by Crippen LogP contribution is -2.49. The summed E-state index contributed by atoms with van der Waals surface area (Å²) in [6, 6.07) is 10.8. The third-order valence-corrected chi connectivity index (χ3v) is 5.39. The van der Waals surface area contributed by atoms with E-state index in [0.29, 0.717) is 25.2 Å². The van der Waals surface area contributed by atoms with E-state index in [9.17, 15) is 18.4 Å². The fourth-order valence-electron chi connectivity index (χ4n) is 3.73. The fraction of sp³-hybridized carbons (Fsp3) is 0.273. The summed E-state index contributed by atoms with van der Waals surface area (Å²) in [5, 5.41) is 21.6. The topological polar surface area (TPSA) is 135 Å². The van der Waals surface area contributed by atoms with Crippen molar-refractivity contribution in [3.8, 4) is 22.8 Å². The maximum Gasteiger partial charge on any atom is 0.509 e. The van der Waals surface area contributed by atoms with Gasteiger partial charge in [0.05, 0.1) is 5.56 Å². The largest absolute Gasteiger partial charge is 0.509 e. The molecule has 1 aliphatic rings. The summed E-state index contributed by atoms with van der Waals surface area (Å²) in [6.07, 6.45) is -3.08. The van der Waals surface area contributed by atoms with Crippen LogP contribution < -0.4 is 0 Å². The van der Waals surface area contributed by atoms with E-state index in [0.717, 1.165) is 11.6 Å². The van der Waals surface area contributed by atoms with Crippen molar-refractivity contribution in [2.24, 2.45) is 0 Å². The summed E-state index contributed by atoms with van der Waals surface area (Å²) in [7, 11) is 0. The number of hydrogen-bond donors (Lipinski definition) is 2. The lowest BCUT2D eigenvalue weighted by Gasteiger charge is -2.38. The Morgan fingerprint density at radius 1 is 1.03 bits per heavy atom. The van der Waals surface area contributed by atoms with Crippen LogP contribution in [-0.2, 0) is 16.0 Å². The summed E-state index contributed by atoms with van der Waals surface area (Å²) in [5.74, 6) is -3.72. The zero-order valence-corrected chi connectivity index (χ0v) is 17.6. The quantitative estimate of drug-likeness (QED) is 0.391. The molecule has 2 aromatic carbocycles. The van der Waals surface area contributed by atoms with Gasteiger partial charge in [0.25, 0.3) is 11.7 Å². The van der Waals surface area contributed by atoms with Crippen LogP contribution in [0.15, 0.2) is 47.0 Å². The van der Waals surface area contributed by atoms with Crippen LogP contribution in [0.4, 0.5) is 18.4 Å². The van der Waals surface area contributed by atoms with Crippen LogP contribution in [0, 0.1) is 11.6 Å². The molecular formula is C22H19F2N3O7. The van der Waals surface area contributed by atoms with E-state index in [-0.39, 0.29) is 30.1 Å². The van der Waals surface area contributed by atoms with Crippen LogP contribution in [-0.4, -0.2) is 56.4 Å². The SMILES string of the molecule is O=C(O)OC1(OC(=O)O)CCN(Cc2ccc(-c3noc(-c4cccc(F)c4F)n3)cc2)CC1. The number of carbonyl (C=O) groups is 2. The number of carboxylic acid groups (broad SMARTS) is 2. The standard InChI is InChI=1S/C22H19F2N3O7/c23-16-3-1-2-15(17(16)24)19-25-18(26-34-19)14-6-4-13(5-7-14)12-27-10-8-22(9-11-27,32-20(28)29)33-21(30)31/h1-7H,8-12H2,(H,28,29)(H,30,31). The highest BCUT2D eigenvalue weighted by molar-refractivity contribution is 5.61. The first-order valence-electron chi connectivity index (χ1n) is 10.2. The number of piperidine rings is 1. The van der Waals surface area contributed by atoms with Crippen molar-refractivity contribution in [2.75, 3.05) is 13.1 Å². The van der Waals surface area contributed by atoms with Gasteiger partial charge in [-0.2, -0.15) is 4.98 Å². The van der Waals surface area contributed by atoms with E-state index in [1.807, 2.05) is 17.0 Å². The molecule has 1 aromatic heterocycles. The number of likely N-dealkylation sites (tertiary alicyclic amines) is 1. The van der Waals surface area contributed by atoms with Crippen LogP contribution >= 0.6 is 0 Å². The third kappa shape index (κ3) is 5.12. The van der Waals surface area contributed by atoms with Crippen LogP contribution in [0.25, 0.3) is 22.8 Å². The van der Waals surface area contributed by atoms with Gasteiger partial charge in [0, 0.05) is 38.0 Å². The predicted molar refractivity (Wildman–Crippen MR) is 111 cm³/mol. The second-order valence-corrected chi connectivity index (χ2v) is 7.64. The summed E-state index contributed by atoms with van der Waals surface area (Å²) in [4.78, 5) is 28.0. The van der Waals surface area contributed by atoms with Gasteiger partial charge in [-0.1, -0.05) is 35.5 Å². The van der Waals surface area contributed by atoms with E-state index in [1.54, 1.807) is 12.1 Å². The second kappa shape index (κ2) is 9.43. The Morgan fingerprint density at radius 3 is 2.29 bits per heavy atom. The highest BCUT2D eigenvalue weighted by atomic mass is 19.2. The Bertz CT molecular complexity index is 1170. The Morgan fingerprint density at radius 2 is 1.68 bits per heavy atom. The lowest BCUT2D eigenvalue weighted by atomic mass is 10.0. The summed E-state index contributed by atoms with van der Waals surface area (Å²) < 4.78 is 41.9. The molecule has 0 radical (unpaired) electrons. The normalized spacial score (nSPS) is 15.6. The lowest BCUT2D eigenvalue weighted by molar-refractivity contribution is -0.205. The molecule has 0 bridgehead atoms. The molecule has 2 N–H and O–H groups in total. The highest BCUT2D eigenvalue weighted by Crippen LogP contribution is 2.30. The highest BCUT2D eigenvalue weighted by Gasteiger charge is 2.42. The molecule has 0 saturated carbocycles. The van der Waals surface area contributed by atoms with Crippen LogP contribution in [0.1, 0.15) is 18.4 Å². The molecule has 12 heteroatoms. The maximum atomic E-state index is 14.0. The van der Waals surface area contributed by atoms with Gasteiger partial charge in [-0.05, 0) is 17.7 Å². The molecule has 1 fully saturated rings. The summed E-state index contributed by atoms with van der Waals surface area (Å²) in [5.41, 5.74) is 1.41. The minimum atomic E-state index is -1.71. The third-order valence-electron chi connectivity index (χ3n) is 5.39. The smallest absolute Gasteiger partial charge is 0.450 e. The molecule has 1 aliphatic heterocycles. The molecule has 0 spiro atoms. The van der Waals surface area contributed by atoms with Gasteiger partial charge >= 0.3 is 12.3 Å². The van der Waals surface area contributed by atoms with E-state index in [2.05, 4.69) is 10.1 Å². The van der Waals surface area contributed by atoms with Crippen molar-refractivity contribution in [1.82, 2.24) is 15.0 Å². The Hall–Kier alpha value is -4.06. The van der Waals surface area contributed by atoms with Crippen LogP contribution in [0.3, 0.4) is 0 Å². The summed E-state index contributed by atoms with van der Waals surface area (Å²) in [6.45, 7) is 1.23. The van der Waals surface area contributed by atoms with E-state index >= 15 is 0 Å². The minimum Gasteiger partial charge on any atom is -0.450 e. The molecule has 4 rings (SSSR count). The van der Waals surface area contributed by atoms with Crippen molar-refractivity contribution in [2.45, 2.75) is 25.2 Å². The first kappa shape index (κ1) is 23.1. The molecule has 34 heavy (non-hydrogen) atoms.